The Hall–Kier alpha value is -1.43. The normalized spacial score (nSPS) is 15.7. The van der Waals surface area contributed by atoms with Crippen LogP contribution in [0.15, 0.2) is 11.7 Å². The molecule has 2 heterocycles. The van der Waals surface area contributed by atoms with Gasteiger partial charge in [-0.3, -0.25) is 0 Å². The summed E-state index contributed by atoms with van der Waals surface area (Å²) >= 11 is 1.47. The predicted octanol–water partition coefficient (Wildman–Crippen LogP) is 1.24. The van der Waals surface area contributed by atoms with Crippen molar-refractivity contribution < 1.29 is 0 Å². The summed E-state index contributed by atoms with van der Waals surface area (Å²) in [6, 6.07) is 0.617. The van der Waals surface area contributed by atoms with E-state index in [1.54, 1.807) is 0 Å². The molecule has 78 valence electrons. The van der Waals surface area contributed by atoms with Gasteiger partial charge in [0.1, 0.15) is 12.2 Å². The molecular weight excluding hydrogens is 210 g/mol. The first-order valence-electron chi connectivity index (χ1n) is 4.91. The van der Waals surface area contributed by atoms with Crippen LogP contribution in [0.1, 0.15) is 30.4 Å². The van der Waals surface area contributed by atoms with Crippen LogP contribution < -0.4 is 5.73 Å². The Kier molecular flexibility index (Phi) is 1.95. The quantitative estimate of drug-likeness (QED) is 0.846. The summed E-state index contributed by atoms with van der Waals surface area (Å²) in [7, 11) is 0. The highest BCUT2D eigenvalue weighted by molar-refractivity contribution is 7.13. The molecule has 3 rings (SSSR count). The summed E-state index contributed by atoms with van der Waals surface area (Å²) in [6.45, 7) is 0. The van der Waals surface area contributed by atoms with Gasteiger partial charge in [-0.15, -0.1) is 21.5 Å². The molecule has 0 saturated heterocycles. The highest BCUT2D eigenvalue weighted by Crippen LogP contribution is 2.35. The lowest BCUT2D eigenvalue weighted by Crippen LogP contribution is -2.02. The first-order valence-corrected chi connectivity index (χ1v) is 5.79. The lowest BCUT2D eigenvalue weighted by molar-refractivity contribution is 0.691. The summed E-state index contributed by atoms with van der Waals surface area (Å²) in [4.78, 5) is 4.22. The van der Waals surface area contributed by atoms with Crippen LogP contribution in [0.25, 0.3) is 0 Å². The van der Waals surface area contributed by atoms with Crippen LogP contribution in [0.2, 0.25) is 0 Å². The zero-order valence-electron chi connectivity index (χ0n) is 8.13. The van der Waals surface area contributed by atoms with Crippen LogP contribution in [-0.2, 0) is 6.42 Å². The molecule has 0 atom stereocenters. The molecular formula is C9H11N5S. The predicted molar refractivity (Wildman–Crippen MR) is 57.6 cm³/mol. The van der Waals surface area contributed by atoms with Crippen molar-refractivity contribution in [3.05, 3.63) is 23.2 Å². The fourth-order valence-corrected chi connectivity index (χ4v) is 2.18. The van der Waals surface area contributed by atoms with Crippen molar-refractivity contribution in [1.82, 2.24) is 19.7 Å². The molecule has 0 radical (unpaired) electrons. The molecule has 1 aliphatic carbocycles. The maximum absolute atomic E-state index is 5.58. The van der Waals surface area contributed by atoms with E-state index in [4.69, 9.17) is 5.73 Å². The molecule has 0 bridgehead atoms. The zero-order valence-corrected chi connectivity index (χ0v) is 8.94. The number of nitrogens with zero attached hydrogens (tertiary/aromatic N) is 4. The first-order chi connectivity index (χ1) is 7.33. The summed E-state index contributed by atoms with van der Waals surface area (Å²) in [5.74, 6) is 0.989. The van der Waals surface area contributed by atoms with Crippen LogP contribution in [-0.4, -0.2) is 19.7 Å². The summed E-state index contributed by atoms with van der Waals surface area (Å²) in [5, 5.41) is 10.6. The largest absolute Gasteiger partial charge is 0.375 e. The maximum Gasteiger partial charge on any atom is 0.180 e. The molecule has 0 amide bonds. The summed E-state index contributed by atoms with van der Waals surface area (Å²) < 4.78 is 2.15. The number of aromatic nitrogens is 4. The van der Waals surface area contributed by atoms with Crippen molar-refractivity contribution in [2.75, 3.05) is 5.73 Å². The molecule has 0 aliphatic heterocycles. The topological polar surface area (TPSA) is 69.6 Å². The van der Waals surface area contributed by atoms with E-state index in [2.05, 4.69) is 19.7 Å². The van der Waals surface area contributed by atoms with E-state index in [1.165, 1.54) is 24.2 Å². The van der Waals surface area contributed by atoms with Gasteiger partial charge in [-0.25, -0.2) is 4.98 Å². The molecule has 0 unspecified atom stereocenters. The maximum atomic E-state index is 5.58. The van der Waals surface area contributed by atoms with Crippen LogP contribution in [0.5, 0.6) is 0 Å². The second-order valence-electron chi connectivity index (χ2n) is 3.74. The molecule has 0 aromatic carbocycles. The van der Waals surface area contributed by atoms with Gasteiger partial charge in [-0.2, -0.15) is 0 Å². The van der Waals surface area contributed by atoms with Gasteiger partial charge in [0.2, 0.25) is 0 Å². The van der Waals surface area contributed by atoms with Crippen molar-refractivity contribution in [2.24, 2.45) is 0 Å². The summed E-state index contributed by atoms with van der Waals surface area (Å²) in [6.07, 6.45) is 5.02. The Bertz CT molecular complexity index is 470. The second-order valence-corrected chi connectivity index (χ2v) is 4.63. The Morgan fingerprint density at radius 1 is 1.53 bits per heavy atom. The van der Waals surface area contributed by atoms with Gasteiger partial charge in [0.25, 0.3) is 0 Å². The number of hydrogen-bond donors (Lipinski definition) is 1. The van der Waals surface area contributed by atoms with Crippen molar-refractivity contribution in [2.45, 2.75) is 25.3 Å². The van der Waals surface area contributed by atoms with Gasteiger partial charge >= 0.3 is 0 Å². The monoisotopic (exact) mass is 221 g/mol. The van der Waals surface area contributed by atoms with Crippen LogP contribution in [0.3, 0.4) is 0 Å². The second kappa shape index (κ2) is 3.30. The number of anilines is 1. The first kappa shape index (κ1) is 8.84. The van der Waals surface area contributed by atoms with Gasteiger partial charge in [0.15, 0.2) is 5.13 Å². The highest BCUT2D eigenvalue weighted by atomic mass is 32.1. The van der Waals surface area contributed by atoms with Crippen molar-refractivity contribution >= 4 is 16.5 Å². The van der Waals surface area contributed by atoms with Gasteiger partial charge in [-0.1, -0.05) is 0 Å². The fraction of sp³-hybridized carbons (Fsp3) is 0.444. The van der Waals surface area contributed by atoms with E-state index in [1.807, 2.05) is 11.7 Å². The minimum atomic E-state index is 0.613. The molecule has 2 N–H and O–H groups in total. The third-order valence-electron chi connectivity index (χ3n) is 2.50. The van der Waals surface area contributed by atoms with Crippen LogP contribution in [0.4, 0.5) is 5.13 Å². The zero-order chi connectivity index (χ0) is 10.3. The molecule has 1 fully saturated rings. The smallest absolute Gasteiger partial charge is 0.180 e. The Morgan fingerprint density at radius 3 is 3.07 bits per heavy atom. The third-order valence-corrected chi connectivity index (χ3v) is 3.22. The van der Waals surface area contributed by atoms with Crippen LogP contribution in [0, 0.1) is 0 Å². The molecule has 1 saturated carbocycles. The highest BCUT2D eigenvalue weighted by Gasteiger charge is 2.26. The molecule has 15 heavy (non-hydrogen) atoms. The fourth-order valence-electron chi connectivity index (χ4n) is 1.62. The third kappa shape index (κ3) is 1.72. The lowest BCUT2D eigenvalue weighted by atomic mass is 10.3. The number of rotatable bonds is 3. The Morgan fingerprint density at radius 2 is 2.40 bits per heavy atom. The lowest BCUT2D eigenvalue weighted by Gasteiger charge is -2.01. The standard InChI is InChI=1S/C9H11N5S/c10-9-12-6(4-15-9)3-8-13-11-5-14(8)7-1-2-7/h4-5,7H,1-3H2,(H2,10,12). The van der Waals surface area contributed by atoms with Crippen molar-refractivity contribution in [3.8, 4) is 0 Å². The van der Waals surface area contributed by atoms with E-state index >= 15 is 0 Å². The SMILES string of the molecule is Nc1nc(Cc2nncn2C2CC2)cs1. The minimum Gasteiger partial charge on any atom is -0.375 e. The van der Waals surface area contributed by atoms with E-state index in [0.717, 1.165) is 17.9 Å². The number of nitrogen functional groups attached to an aromatic ring is 1. The molecule has 6 heteroatoms. The van der Waals surface area contributed by atoms with E-state index in [9.17, 15) is 0 Å². The minimum absolute atomic E-state index is 0.613. The van der Waals surface area contributed by atoms with Crippen LogP contribution >= 0.6 is 11.3 Å². The number of thiazole rings is 1. The van der Waals surface area contributed by atoms with E-state index in [-0.39, 0.29) is 0 Å². The van der Waals surface area contributed by atoms with E-state index < -0.39 is 0 Å². The summed E-state index contributed by atoms with van der Waals surface area (Å²) in [5.41, 5.74) is 6.56. The Balaban J connectivity index is 1.84. The van der Waals surface area contributed by atoms with Gasteiger partial charge in [-0.05, 0) is 12.8 Å². The number of nitrogens with two attached hydrogens (primary N) is 1. The Labute approximate surface area is 91.0 Å². The average molecular weight is 221 g/mol. The van der Waals surface area contributed by atoms with Gasteiger partial charge < -0.3 is 10.3 Å². The van der Waals surface area contributed by atoms with Gasteiger partial charge in [0, 0.05) is 11.4 Å². The number of hydrogen-bond acceptors (Lipinski definition) is 5. The average Bonchev–Trinajstić information content (AvgIpc) is 2.83. The molecule has 2 aromatic heterocycles. The van der Waals surface area contributed by atoms with E-state index in [0.29, 0.717) is 11.2 Å². The molecule has 5 nitrogen and oxygen atoms in total. The van der Waals surface area contributed by atoms with Crippen molar-refractivity contribution in [1.29, 1.82) is 0 Å². The molecule has 1 aliphatic rings. The van der Waals surface area contributed by atoms with Crippen molar-refractivity contribution in [3.63, 3.8) is 0 Å². The molecule has 0 spiro atoms. The molecule has 2 aromatic rings. The van der Waals surface area contributed by atoms with Gasteiger partial charge in [0.05, 0.1) is 12.1 Å².